The fourth-order valence-corrected chi connectivity index (χ4v) is 4.15. The minimum atomic E-state index is -0.266. The first kappa shape index (κ1) is 19.7. The van der Waals surface area contributed by atoms with Gasteiger partial charge in [-0.15, -0.1) is 0 Å². The number of hydrogen-bond donors (Lipinski definition) is 1. The molecule has 0 unspecified atom stereocenters. The van der Waals surface area contributed by atoms with Crippen LogP contribution in [0.5, 0.6) is 0 Å². The monoisotopic (exact) mass is 414 g/mol. The van der Waals surface area contributed by atoms with Crippen LogP contribution in [0.1, 0.15) is 12.5 Å². The van der Waals surface area contributed by atoms with Crippen molar-refractivity contribution < 1.29 is 4.79 Å². The van der Waals surface area contributed by atoms with Crippen LogP contribution in [0.3, 0.4) is 0 Å². The summed E-state index contributed by atoms with van der Waals surface area (Å²) in [7, 11) is 0. The third-order valence-corrected chi connectivity index (χ3v) is 5.73. The molecule has 0 aliphatic carbocycles. The molecule has 1 heterocycles. The predicted octanol–water partition coefficient (Wildman–Crippen LogP) is 4.17. The van der Waals surface area contributed by atoms with Gasteiger partial charge in [0.15, 0.2) is 5.16 Å². The van der Waals surface area contributed by atoms with Crippen LogP contribution in [0.15, 0.2) is 70.6 Å². The van der Waals surface area contributed by atoms with Crippen molar-refractivity contribution in [1.82, 2.24) is 9.55 Å². The average Bonchev–Trinajstić information content (AvgIpc) is 2.77. The van der Waals surface area contributed by atoms with Crippen LogP contribution in [-0.4, -0.2) is 21.2 Å². The lowest BCUT2D eigenvalue weighted by molar-refractivity contribution is -0.113. The maximum atomic E-state index is 13.0. The Morgan fingerprint density at radius 2 is 1.83 bits per heavy atom. The predicted molar refractivity (Wildman–Crippen MR) is 120 cm³/mol. The Morgan fingerprint density at radius 1 is 1.13 bits per heavy atom. The van der Waals surface area contributed by atoms with Crippen LogP contribution in [0.25, 0.3) is 21.7 Å². The maximum absolute atomic E-state index is 13.0. The smallest absolute Gasteiger partial charge is 0.262 e. The molecular formula is C23H18N4O2S. The Morgan fingerprint density at radius 3 is 2.57 bits per heavy atom. The Bertz CT molecular complexity index is 1370. The summed E-state index contributed by atoms with van der Waals surface area (Å²) in [6.45, 7) is 2.33. The molecule has 148 valence electrons. The van der Waals surface area contributed by atoms with Crippen LogP contribution in [0, 0.1) is 11.3 Å². The van der Waals surface area contributed by atoms with E-state index in [-0.39, 0.29) is 17.2 Å². The highest BCUT2D eigenvalue weighted by Crippen LogP contribution is 2.23. The van der Waals surface area contributed by atoms with Crippen molar-refractivity contribution in [2.24, 2.45) is 0 Å². The highest BCUT2D eigenvalue weighted by atomic mass is 32.2. The number of benzene rings is 3. The molecule has 0 fully saturated rings. The minimum absolute atomic E-state index is 0.0747. The Labute approximate surface area is 177 Å². The minimum Gasteiger partial charge on any atom is -0.324 e. The summed E-state index contributed by atoms with van der Waals surface area (Å²) in [5.74, 6) is -0.191. The van der Waals surface area contributed by atoms with Gasteiger partial charge in [-0.25, -0.2) is 4.98 Å². The number of nitrogens with one attached hydrogen (secondary N) is 1. The Kier molecular flexibility index (Phi) is 5.50. The number of anilines is 1. The zero-order valence-corrected chi connectivity index (χ0v) is 17.1. The number of fused-ring (bicyclic) bond motifs is 2. The maximum Gasteiger partial charge on any atom is 0.262 e. The molecule has 1 aromatic heterocycles. The van der Waals surface area contributed by atoms with Crippen molar-refractivity contribution in [3.63, 3.8) is 0 Å². The molecule has 0 aliphatic rings. The highest BCUT2D eigenvalue weighted by Gasteiger charge is 2.14. The van der Waals surface area contributed by atoms with Gasteiger partial charge in [0.1, 0.15) is 6.07 Å². The van der Waals surface area contributed by atoms with Crippen molar-refractivity contribution in [3.8, 4) is 6.07 Å². The topological polar surface area (TPSA) is 87.8 Å². The van der Waals surface area contributed by atoms with Gasteiger partial charge < -0.3 is 5.32 Å². The Hall–Kier alpha value is -3.63. The number of para-hydroxylation sites is 1. The number of nitrogens with zero attached hydrogens (tertiary/aromatic N) is 3. The Balaban J connectivity index is 1.63. The highest BCUT2D eigenvalue weighted by molar-refractivity contribution is 7.99. The van der Waals surface area contributed by atoms with Gasteiger partial charge in [0.2, 0.25) is 5.91 Å². The number of amides is 1. The molecule has 0 bridgehead atoms. The first-order chi connectivity index (χ1) is 14.6. The van der Waals surface area contributed by atoms with E-state index >= 15 is 0 Å². The largest absolute Gasteiger partial charge is 0.324 e. The second-order valence-electron chi connectivity index (χ2n) is 6.65. The van der Waals surface area contributed by atoms with E-state index in [4.69, 9.17) is 5.26 Å². The van der Waals surface area contributed by atoms with E-state index in [1.54, 1.807) is 28.8 Å². The fourth-order valence-electron chi connectivity index (χ4n) is 3.28. The second-order valence-corrected chi connectivity index (χ2v) is 7.60. The van der Waals surface area contributed by atoms with E-state index < -0.39 is 0 Å². The molecule has 0 radical (unpaired) electrons. The van der Waals surface area contributed by atoms with Crippen molar-refractivity contribution in [3.05, 3.63) is 76.6 Å². The number of carbonyl (C=O) groups excluding carboxylic acids is 1. The third kappa shape index (κ3) is 3.78. The van der Waals surface area contributed by atoms with Gasteiger partial charge >= 0.3 is 0 Å². The van der Waals surface area contributed by atoms with E-state index in [9.17, 15) is 9.59 Å². The first-order valence-corrected chi connectivity index (χ1v) is 10.4. The normalized spacial score (nSPS) is 10.8. The molecule has 3 aromatic carbocycles. The summed E-state index contributed by atoms with van der Waals surface area (Å²) in [4.78, 5) is 30.1. The van der Waals surface area contributed by atoms with Crippen molar-refractivity contribution in [2.45, 2.75) is 18.6 Å². The molecule has 0 aliphatic heterocycles. The van der Waals surface area contributed by atoms with Gasteiger partial charge in [0, 0.05) is 6.54 Å². The average molecular weight is 414 g/mol. The summed E-state index contributed by atoms with van der Waals surface area (Å²) in [5, 5.41) is 15.0. The number of aromatic nitrogens is 2. The standard InChI is InChI=1S/C23H18N4O2S/c1-2-27-22(29)18-11-15-7-3-4-8-16(15)12-20(18)26-23(27)30-14-21(28)25-19-10-6-5-9-17(19)13-24/h3-12H,2,14H2,1H3,(H,25,28). The van der Waals surface area contributed by atoms with E-state index in [1.165, 1.54) is 11.8 Å². The molecular weight excluding hydrogens is 396 g/mol. The van der Waals surface area contributed by atoms with Crippen LogP contribution in [0.2, 0.25) is 0 Å². The van der Waals surface area contributed by atoms with Gasteiger partial charge in [-0.2, -0.15) is 5.26 Å². The number of carbonyl (C=O) groups is 1. The van der Waals surface area contributed by atoms with Gasteiger partial charge in [0.25, 0.3) is 5.56 Å². The molecule has 4 rings (SSSR count). The third-order valence-electron chi connectivity index (χ3n) is 4.76. The molecule has 1 amide bonds. The van der Waals surface area contributed by atoms with Gasteiger partial charge in [-0.3, -0.25) is 14.2 Å². The van der Waals surface area contributed by atoms with E-state index in [1.807, 2.05) is 43.3 Å². The summed E-state index contributed by atoms with van der Waals surface area (Å²) < 4.78 is 1.58. The number of hydrogen-bond acceptors (Lipinski definition) is 5. The van der Waals surface area contributed by atoms with E-state index in [0.717, 1.165) is 10.8 Å². The number of rotatable bonds is 5. The summed E-state index contributed by atoms with van der Waals surface area (Å²) in [6, 6.07) is 20.5. The summed E-state index contributed by atoms with van der Waals surface area (Å²) in [5.41, 5.74) is 1.36. The first-order valence-electron chi connectivity index (χ1n) is 9.46. The van der Waals surface area contributed by atoms with E-state index in [2.05, 4.69) is 16.4 Å². The van der Waals surface area contributed by atoms with Crippen molar-refractivity contribution in [2.75, 3.05) is 11.1 Å². The van der Waals surface area contributed by atoms with Crippen LogP contribution >= 0.6 is 11.8 Å². The SMILES string of the molecule is CCn1c(SCC(=O)Nc2ccccc2C#N)nc2cc3ccccc3cc2c1=O. The molecule has 4 aromatic rings. The molecule has 0 saturated heterocycles. The number of thioether (sulfide) groups is 1. The van der Waals surface area contributed by atoms with Crippen LogP contribution < -0.4 is 10.9 Å². The number of nitriles is 1. The van der Waals surface area contributed by atoms with Gasteiger partial charge in [0.05, 0.1) is 27.9 Å². The van der Waals surface area contributed by atoms with Crippen LogP contribution in [-0.2, 0) is 11.3 Å². The molecule has 6 nitrogen and oxygen atoms in total. The van der Waals surface area contributed by atoms with Gasteiger partial charge in [-0.05, 0) is 42.0 Å². The second kappa shape index (κ2) is 8.39. The lowest BCUT2D eigenvalue weighted by atomic mass is 10.1. The van der Waals surface area contributed by atoms with Crippen molar-refractivity contribution in [1.29, 1.82) is 5.26 Å². The molecule has 0 atom stereocenters. The zero-order chi connectivity index (χ0) is 21.1. The van der Waals surface area contributed by atoms with Crippen molar-refractivity contribution >= 4 is 45.0 Å². The molecule has 0 spiro atoms. The quantitative estimate of drug-likeness (QED) is 0.301. The zero-order valence-electron chi connectivity index (χ0n) is 16.3. The molecule has 1 N–H and O–H groups in total. The van der Waals surface area contributed by atoms with Crippen LogP contribution in [0.4, 0.5) is 5.69 Å². The van der Waals surface area contributed by atoms with Gasteiger partial charge in [-0.1, -0.05) is 48.2 Å². The molecule has 30 heavy (non-hydrogen) atoms. The lowest BCUT2D eigenvalue weighted by Gasteiger charge is -2.12. The fraction of sp³-hybridized carbons (Fsp3) is 0.130. The molecule has 0 saturated carbocycles. The molecule has 7 heteroatoms. The lowest BCUT2D eigenvalue weighted by Crippen LogP contribution is -2.23. The summed E-state index contributed by atoms with van der Waals surface area (Å²) in [6.07, 6.45) is 0. The summed E-state index contributed by atoms with van der Waals surface area (Å²) >= 11 is 1.20. The van der Waals surface area contributed by atoms with E-state index in [0.29, 0.717) is 33.9 Å².